The summed E-state index contributed by atoms with van der Waals surface area (Å²) in [5, 5.41) is 2.23. The van der Waals surface area contributed by atoms with Crippen molar-refractivity contribution in [2.24, 2.45) is 5.41 Å². The molecule has 3 rings (SSSR count). The second kappa shape index (κ2) is 7.47. The average molecular weight is 336 g/mol. The van der Waals surface area contributed by atoms with Gasteiger partial charge in [-0.3, -0.25) is 4.79 Å². The van der Waals surface area contributed by atoms with Gasteiger partial charge in [-0.25, -0.2) is 4.39 Å². The number of carbonyl (C=O) groups is 1. The SMILES string of the molecule is CC(CF)(Cc1ccccc1)C(=O)OCc1ccc2ccccc2c1. The van der Waals surface area contributed by atoms with Gasteiger partial charge in [0.1, 0.15) is 13.3 Å². The highest BCUT2D eigenvalue weighted by Crippen LogP contribution is 2.26. The summed E-state index contributed by atoms with van der Waals surface area (Å²) in [6.07, 6.45) is 0.320. The van der Waals surface area contributed by atoms with E-state index in [1.54, 1.807) is 6.92 Å². The number of ether oxygens (including phenoxy) is 1. The highest BCUT2D eigenvalue weighted by Gasteiger charge is 2.35. The van der Waals surface area contributed by atoms with E-state index in [0.29, 0.717) is 6.42 Å². The van der Waals surface area contributed by atoms with Gasteiger partial charge in [0.05, 0.1) is 5.41 Å². The van der Waals surface area contributed by atoms with Crippen molar-refractivity contribution in [1.29, 1.82) is 0 Å². The van der Waals surface area contributed by atoms with Crippen molar-refractivity contribution < 1.29 is 13.9 Å². The van der Waals surface area contributed by atoms with Crippen molar-refractivity contribution in [2.75, 3.05) is 6.67 Å². The second-order valence-corrected chi connectivity index (χ2v) is 6.61. The Kier molecular flexibility index (Phi) is 5.13. The van der Waals surface area contributed by atoms with E-state index in [-0.39, 0.29) is 6.61 Å². The van der Waals surface area contributed by atoms with Gasteiger partial charge in [-0.1, -0.05) is 66.7 Å². The molecule has 1 unspecified atom stereocenters. The summed E-state index contributed by atoms with van der Waals surface area (Å²) in [7, 11) is 0. The standard InChI is InChI=1S/C22H21FO2/c1-22(16-23,14-17-7-3-2-4-8-17)21(24)25-15-18-11-12-19-9-5-6-10-20(19)13-18/h2-13H,14-16H2,1H3. The van der Waals surface area contributed by atoms with Gasteiger partial charge < -0.3 is 4.74 Å². The van der Waals surface area contributed by atoms with Crippen LogP contribution in [0.3, 0.4) is 0 Å². The summed E-state index contributed by atoms with van der Waals surface area (Å²) in [6, 6.07) is 23.4. The van der Waals surface area contributed by atoms with Crippen LogP contribution in [0.15, 0.2) is 72.8 Å². The van der Waals surface area contributed by atoms with Crippen LogP contribution in [0.25, 0.3) is 10.8 Å². The third-order valence-electron chi connectivity index (χ3n) is 4.41. The van der Waals surface area contributed by atoms with Crippen LogP contribution in [0.2, 0.25) is 0 Å². The van der Waals surface area contributed by atoms with Gasteiger partial charge in [-0.15, -0.1) is 0 Å². The van der Waals surface area contributed by atoms with E-state index in [1.165, 1.54) is 0 Å². The summed E-state index contributed by atoms with van der Waals surface area (Å²) >= 11 is 0. The van der Waals surface area contributed by atoms with Crippen molar-refractivity contribution in [3.05, 3.63) is 83.9 Å². The molecule has 2 nitrogen and oxygen atoms in total. The Bertz CT molecular complexity index is 860. The van der Waals surface area contributed by atoms with Gasteiger partial charge in [0.25, 0.3) is 0 Å². The van der Waals surface area contributed by atoms with E-state index in [4.69, 9.17) is 4.74 Å². The minimum atomic E-state index is -1.17. The van der Waals surface area contributed by atoms with E-state index < -0.39 is 18.1 Å². The van der Waals surface area contributed by atoms with Crippen molar-refractivity contribution in [3.63, 3.8) is 0 Å². The van der Waals surface area contributed by atoms with Gasteiger partial charge in [0, 0.05) is 0 Å². The Labute approximate surface area is 147 Å². The Hall–Kier alpha value is -2.68. The summed E-state index contributed by atoms with van der Waals surface area (Å²) < 4.78 is 19.0. The number of alkyl halides is 1. The first-order valence-electron chi connectivity index (χ1n) is 8.35. The van der Waals surface area contributed by atoms with E-state index in [2.05, 4.69) is 0 Å². The molecular weight excluding hydrogens is 315 g/mol. The lowest BCUT2D eigenvalue weighted by Gasteiger charge is -2.24. The third-order valence-corrected chi connectivity index (χ3v) is 4.41. The van der Waals surface area contributed by atoms with Gasteiger partial charge in [0.15, 0.2) is 0 Å². The van der Waals surface area contributed by atoms with Crippen LogP contribution in [-0.2, 0) is 22.6 Å². The fourth-order valence-electron chi connectivity index (χ4n) is 2.87. The monoisotopic (exact) mass is 336 g/mol. The van der Waals surface area contributed by atoms with Crippen LogP contribution in [0.5, 0.6) is 0 Å². The quantitative estimate of drug-likeness (QED) is 0.585. The van der Waals surface area contributed by atoms with Crippen LogP contribution in [0, 0.1) is 5.41 Å². The summed E-state index contributed by atoms with van der Waals surface area (Å²) in [5.41, 5.74) is 0.649. The molecule has 0 aliphatic rings. The summed E-state index contributed by atoms with van der Waals surface area (Å²) in [6.45, 7) is 1.01. The fraction of sp³-hybridized carbons (Fsp3) is 0.227. The number of esters is 1. The molecule has 3 aromatic rings. The Morgan fingerprint density at radius 1 is 0.920 bits per heavy atom. The van der Waals surface area contributed by atoms with E-state index >= 15 is 0 Å². The van der Waals surface area contributed by atoms with Gasteiger partial charge in [-0.2, -0.15) is 0 Å². The summed E-state index contributed by atoms with van der Waals surface area (Å²) in [4.78, 5) is 12.5. The number of fused-ring (bicyclic) bond motifs is 1. The molecule has 128 valence electrons. The van der Waals surface area contributed by atoms with Crippen LogP contribution in [-0.4, -0.2) is 12.6 Å². The minimum Gasteiger partial charge on any atom is -0.460 e. The lowest BCUT2D eigenvalue weighted by Crippen LogP contribution is -2.34. The largest absolute Gasteiger partial charge is 0.460 e. The molecule has 0 saturated heterocycles. The molecule has 25 heavy (non-hydrogen) atoms. The van der Waals surface area contributed by atoms with Gasteiger partial charge in [0.2, 0.25) is 0 Å². The number of rotatable bonds is 6. The highest BCUT2D eigenvalue weighted by atomic mass is 19.1. The molecule has 0 amide bonds. The van der Waals surface area contributed by atoms with E-state index in [0.717, 1.165) is 21.9 Å². The molecule has 0 spiro atoms. The first-order chi connectivity index (χ1) is 12.1. The fourth-order valence-corrected chi connectivity index (χ4v) is 2.87. The molecule has 0 N–H and O–H groups in total. The second-order valence-electron chi connectivity index (χ2n) is 6.61. The van der Waals surface area contributed by atoms with Crippen LogP contribution in [0.4, 0.5) is 4.39 Å². The average Bonchev–Trinajstić information content (AvgIpc) is 2.66. The van der Waals surface area contributed by atoms with Crippen molar-refractivity contribution in [1.82, 2.24) is 0 Å². The molecule has 0 aliphatic carbocycles. The highest BCUT2D eigenvalue weighted by molar-refractivity contribution is 5.83. The Morgan fingerprint density at radius 2 is 1.60 bits per heavy atom. The maximum absolute atomic E-state index is 13.6. The number of carbonyl (C=O) groups excluding carboxylic acids is 1. The Balaban J connectivity index is 1.68. The molecule has 0 aliphatic heterocycles. The van der Waals surface area contributed by atoms with E-state index in [9.17, 15) is 9.18 Å². The maximum atomic E-state index is 13.6. The first kappa shape index (κ1) is 17.2. The number of halogens is 1. The molecule has 0 fully saturated rings. The molecule has 3 aromatic carbocycles. The van der Waals surface area contributed by atoms with Crippen molar-refractivity contribution >= 4 is 16.7 Å². The van der Waals surface area contributed by atoms with Gasteiger partial charge >= 0.3 is 5.97 Å². The van der Waals surface area contributed by atoms with Gasteiger partial charge in [-0.05, 0) is 41.3 Å². The molecule has 0 radical (unpaired) electrons. The first-order valence-corrected chi connectivity index (χ1v) is 8.35. The number of hydrogen-bond acceptors (Lipinski definition) is 2. The molecular formula is C22H21FO2. The predicted octanol–water partition coefficient (Wildman–Crippen LogP) is 5.10. The lowest BCUT2D eigenvalue weighted by molar-refractivity contribution is -0.157. The molecule has 3 heteroatoms. The van der Waals surface area contributed by atoms with Crippen molar-refractivity contribution in [2.45, 2.75) is 20.0 Å². The normalized spacial score (nSPS) is 13.4. The number of hydrogen-bond donors (Lipinski definition) is 0. The minimum absolute atomic E-state index is 0.147. The lowest BCUT2D eigenvalue weighted by atomic mass is 9.85. The zero-order valence-corrected chi connectivity index (χ0v) is 14.2. The van der Waals surface area contributed by atoms with Crippen LogP contribution >= 0.6 is 0 Å². The molecule has 0 bridgehead atoms. The number of benzene rings is 3. The van der Waals surface area contributed by atoms with Crippen molar-refractivity contribution in [3.8, 4) is 0 Å². The maximum Gasteiger partial charge on any atom is 0.315 e. The van der Waals surface area contributed by atoms with Crippen LogP contribution in [0.1, 0.15) is 18.1 Å². The Morgan fingerprint density at radius 3 is 2.32 bits per heavy atom. The smallest absolute Gasteiger partial charge is 0.315 e. The third kappa shape index (κ3) is 4.05. The van der Waals surface area contributed by atoms with Crippen LogP contribution < -0.4 is 0 Å². The molecule has 0 heterocycles. The molecule has 0 aromatic heterocycles. The summed E-state index contributed by atoms with van der Waals surface area (Å²) in [5.74, 6) is -0.507. The predicted molar refractivity (Wildman–Crippen MR) is 98.0 cm³/mol. The topological polar surface area (TPSA) is 26.3 Å². The molecule has 0 saturated carbocycles. The zero-order chi connectivity index (χ0) is 17.7. The van der Waals surface area contributed by atoms with E-state index in [1.807, 2.05) is 72.8 Å². The zero-order valence-electron chi connectivity index (χ0n) is 14.2. The molecule has 1 atom stereocenters.